The summed E-state index contributed by atoms with van der Waals surface area (Å²) in [6.45, 7) is 6.95. The molecule has 14 heavy (non-hydrogen) atoms. The zero-order valence-corrected chi connectivity index (χ0v) is 9.81. The topological polar surface area (TPSA) is 24.1 Å². The third-order valence-electron chi connectivity index (χ3n) is 3.07. The second-order valence-corrected chi connectivity index (χ2v) is 4.61. The standard InChI is InChI=1S/C12H26N2/c1-3-4-5-6-7-11(2)14-12-8-9-13-10-12/h11-14H,3-10H2,1-2H3. The summed E-state index contributed by atoms with van der Waals surface area (Å²) < 4.78 is 0. The molecule has 2 N–H and O–H groups in total. The first-order chi connectivity index (χ1) is 6.83. The lowest BCUT2D eigenvalue weighted by molar-refractivity contribution is 0.429. The highest BCUT2D eigenvalue weighted by atomic mass is 15.0. The molecule has 0 aromatic rings. The van der Waals surface area contributed by atoms with Crippen LogP contribution in [-0.4, -0.2) is 25.2 Å². The Hall–Kier alpha value is -0.0800. The van der Waals surface area contributed by atoms with Crippen LogP contribution < -0.4 is 10.6 Å². The second kappa shape index (κ2) is 7.24. The monoisotopic (exact) mass is 198 g/mol. The molecule has 0 amide bonds. The van der Waals surface area contributed by atoms with Gasteiger partial charge in [-0.15, -0.1) is 0 Å². The molecule has 2 nitrogen and oxygen atoms in total. The molecule has 0 saturated carbocycles. The van der Waals surface area contributed by atoms with Gasteiger partial charge in [-0.25, -0.2) is 0 Å². The largest absolute Gasteiger partial charge is 0.315 e. The molecule has 2 atom stereocenters. The fourth-order valence-electron chi connectivity index (χ4n) is 2.16. The summed E-state index contributed by atoms with van der Waals surface area (Å²) >= 11 is 0. The molecular weight excluding hydrogens is 172 g/mol. The molecule has 0 spiro atoms. The molecule has 2 unspecified atom stereocenters. The van der Waals surface area contributed by atoms with Gasteiger partial charge in [-0.05, 0) is 26.3 Å². The van der Waals surface area contributed by atoms with Gasteiger partial charge in [0.05, 0.1) is 0 Å². The average Bonchev–Trinajstić information content (AvgIpc) is 2.65. The van der Waals surface area contributed by atoms with Crippen LogP contribution in [0.2, 0.25) is 0 Å². The van der Waals surface area contributed by atoms with Gasteiger partial charge >= 0.3 is 0 Å². The Kier molecular flexibility index (Phi) is 6.20. The lowest BCUT2D eigenvalue weighted by Gasteiger charge is -2.18. The molecule has 0 aromatic carbocycles. The van der Waals surface area contributed by atoms with Crippen molar-refractivity contribution >= 4 is 0 Å². The third kappa shape index (κ3) is 4.97. The van der Waals surface area contributed by atoms with Crippen molar-refractivity contribution in [2.24, 2.45) is 0 Å². The number of unbranched alkanes of at least 4 members (excludes halogenated alkanes) is 3. The number of hydrogen-bond acceptors (Lipinski definition) is 2. The summed E-state index contributed by atoms with van der Waals surface area (Å²) in [7, 11) is 0. The zero-order valence-electron chi connectivity index (χ0n) is 9.81. The van der Waals surface area contributed by atoms with E-state index in [1.165, 1.54) is 51.6 Å². The first-order valence-corrected chi connectivity index (χ1v) is 6.29. The van der Waals surface area contributed by atoms with E-state index in [-0.39, 0.29) is 0 Å². The molecule has 1 heterocycles. The van der Waals surface area contributed by atoms with Gasteiger partial charge in [-0.1, -0.05) is 32.6 Å². The molecule has 0 aromatic heterocycles. The van der Waals surface area contributed by atoms with Crippen LogP contribution >= 0.6 is 0 Å². The SMILES string of the molecule is CCCCCCC(C)NC1CCNC1. The van der Waals surface area contributed by atoms with E-state index in [4.69, 9.17) is 0 Å². The van der Waals surface area contributed by atoms with Gasteiger partial charge in [0.2, 0.25) is 0 Å². The Morgan fingerprint density at radius 3 is 2.86 bits per heavy atom. The molecular formula is C12H26N2. The normalized spacial score (nSPS) is 24.0. The maximum atomic E-state index is 3.69. The Balaban J connectivity index is 1.95. The Labute approximate surface area is 88.8 Å². The summed E-state index contributed by atoms with van der Waals surface area (Å²) in [5.41, 5.74) is 0. The quantitative estimate of drug-likeness (QED) is 0.613. The van der Waals surface area contributed by atoms with Crippen LogP contribution in [0.25, 0.3) is 0 Å². The van der Waals surface area contributed by atoms with Gasteiger partial charge in [0.1, 0.15) is 0 Å². The van der Waals surface area contributed by atoms with Crippen LogP contribution in [0.15, 0.2) is 0 Å². The van der Waals surface area contributed by atoms with Crippen LogP contribution in [0, 0.1) is 0 Å². The molecule has 1 aliphatic heterocycles. The highest BCUT2D eigenvalue weighted by Crippen LogP contribution is 2.07. The Morgan fingerprint density at radius 1 is 1.36 bits per heavy atom. The molecule has 1 aliphatic rings. The van der Waals surface area contributed by atoms with Crippen LogP contribution in [0.5, 0.6) is 0 Å². The van der Waals surface area contributed by atoms with Gasteiger partial charge in [0, 0.05) is 18.6 Å². The van der Waals surface area contributed by atoms with Gasteiger partial charge in [-0.2, -0.15) is 0 Å². The Morgan fingerprint density at radius 2 is 2.21 bits per heavy atom. The van der Waals surface area contributed by atoms with Crippen molar-refractivity contribution in [2.75, 3.05) is 13.1 Å². The second-order valence-electron chi connectivity index (χ2n) is 4.61. The van der Waals surface area contributed by atoms with Crippen LogP contribution in [-0.2, 0) is 0 Å². The molecule has 84 valence electrons. The van der Waals surface area contributed by atoms with Crippen molar-refractivity contribution in [1.82, 2.24) is 10.6 Å². The molecule has 2 heteroatoms. The van der Waals surface area contributed by atoms with E-state index in [0.717, 1.165) is 6.04 Å². The lowest BCUT2D eigenvalue weighted by Crippen LogP contribution is -2.37. The number of rotatable bonds is 7. The van der Waals surface area contributed by atoms with Gasteiger partial charge in [0.15, 0.2) is 0 Å². The summed E-state index contributed by atoms with van der Waals surface area (Å²) in [4.78, 5) is 0. The molecule has 1 rings (SSSR count). The zero-order chi connectivity index (χ0) is 10.2. The fourth-order valence-corrected chi connectivity index (χ4v) is 2.16. The highest BCUT2D eigenvalue weighted by Gasteiger charge is 2.15. The third-order valence-corrected chi connectivity index (χ3v) is 3.07. The van der Waals surface area contributed by atoms with Crippen LogP contribution in [0.4, 0.5) is 0 Å². The molecule has 0 bridgehead atoms. The maximum absolute atomic E-state index is 3.69. The first kappa shape index (κ1) is 12.0. The van der Waals surface area contributed by atoms with Gasteiger partial charge in [-0.3, -0.25) is 0 Å². The minimum Gasteiger partial charge on any atom is -0.315 e. The van der Waals surface area contributed by atoms with Gasteiger partial charge < -0.3 is 10.6 Å². The average molecular weight is 198 g/mol. The van der Waals surface area contributed by atoms with Crippen molar-refractivity contribution in [3.63, 3.8) is 0 Å². The number of nitrogens with one attached hydrogen (secondary N) is 2. The Bertz CT molecular complexity index is 130. The predicted octanol–water partition coefficient (Wildman–Crippen LogP) is 2.30. The van der Waals surface area contributed by atoms with E-state index >= 15 is 0 Å². The molecule has 1 saturated heterocycles. The summed E-state index contributed by atoms with van der Waals surface area (Å²) in [5, 5.41) is 7.08. The smallest absolute Gasteiger partial charge is 0.0207 e. The summed E-state index contributed by atoms with van der Waals surface area (Å²) in [6.07, 6.45) is 8.19. The van der Waals surface area contributed by atoms with Crippen molar-refractivity contribution < 1.29 is 0 Å². The van der Waals surface area contributed by atoms with Crippen molar-refractivity contribution in [3.8, 4) is 0 Å². The van der Waals surface area contributed by atoms with E-state index in [1.807, 2.05) is 0 Å². The molecule has 0 aliphatic carbocycles. The van der Waals surface area contributed by atoms with E-state index in [1.54, 1.807) is 0 Å². The molecule has 1 fully saturated rings. The van der Waals surface area contributed by atoms with Crippen molar-refractivity contribution in [2.45, 2.75) is 64.5 Å². The van der Waals surface area contributed by atoms with E-state index < -0.39 is 0 Å². The minimum atomic E-state index is 0.705. The van der Waals surface area contributed by atoms with E-state index in [0.29, 0.717) is 6.04 Å². The van der Waals surface area contributed by atoms with Crippen molar-refractivity contribution in [3.05, 3.63) is 0 Å². The van der Waals surface area contributed by atoms with Crippen LogP contribution in [0.1, 0.15) is 52.4 Å². The minimum absolute atomic E-state index is 0.705. The number of hydrogen-bond donors (Lipinski definition) is 2. The highest BCUT2D eigenvalue weighted by molar-refractivity contribution is 4.79. The van der Waals surface area contributed by atoms with E-state index in [9.17, 15) is 0 Å². The lowest BCUT2D eigenvalue weighted by atomic mass is 10.1. The van der Waals surface area contributed by atoms with E-state index in [2.05, 4.69) is 24.5 Å². The van der Waals surface area contributed by atoms with Gasteiger partial charge in [0.25, 0.3) is 0 Å². The summed E-state index contributed by atoms with van der Waals surface area (Å²) in [5.74, 6) is 0. The predicted molar refractivity (Wildman–Crippen MR) is 62.6 cm³/mol. The van der Waals surface area contributed by atoms with Crippen molar-refractivity contribution in [1.29, 1.82) is 0 Å². The van der Waals surface area contributed by atoms with Crippen LogP contribution in [0.3, 0.4) is 0 Å². The fraction of sp³-hybridized carbons (Fsp3) is 1.00. The first-order valence-electron chi connectivity index (χ1n) is 6.29. The maximum Gasteiger partial charge on any atom is 0.0207 e. The summed E-state index contributed by atoms with van der Waals surface area (Å²) in [6, 6.07) is 1.44. The molecule has 0 radical (unpaired) electrons.